The van der Waals surface area contributed by atoms with Crippen molar-refractivity contribution in [3.05, 3.63) is 41.5 Å². The first-order valence-corrected chi connectivity index (χ1v) is 6.26. The highest BCUT2D eigenvalue weighted by Crippen LogP contribution is 2.29. The van der Waals surface area contributed by atoms with Crippen molar-refractivity contribution in [3.63, 3.8) is 0 Å². The Morgan fingerprint density at radius 3 is 2.33 bits per heavy atom. The number of carbonyl (C=O) groups is 1. The van der Waals surface area contributed by atoms with Gasteiger partial charge in [-0.25, -0.2) is 0 Å². The SMILES string of the molecule is CCC(=O)/C(C)=C(\SC)c1ccccc1. The van der Waals surface area contributed by atoms with Gasteiger partial charge in [-0.2, -0.15) is 0 Å². The van der Waals surface area contributed by atoms with E-state index in [1.54, 1.807) is 11.8 Å². The van der Waals surface area contributed by atoms with Gasteiger partial charge in [0.1, 0.15) is 0 Å². The molecule has 0 fully saturated rings. The number of rotatable bonds is 4. The molecule has 0 spiro atoms. The molecule has 1 nitrogen and oxygen atoms in total. The average molecular weight is 220 g/mol. The molecule has 0 heterocycles. The van der Waals surface area contributed by atoms with Crippen LogP contribution in [0.3, 0.4) is 0 Å². The van der Waals surface area contributed by atoms with Gasteiger partial charge in [0.15, 0.2) is 5.78 Å². The zero-order valence-corrected chi connectivity index (χ0v) is 10.2. The van der Waals surface area contributed by atoms with E-state index >= 15 is 0 Å². The minimum atomic E-state index is 0.225. The molecule has 0 aromatic heterocycles. The zero-order chi connectivity index (χ0) is 11.3. The van der Waals surface area contributed by atoms with Gasteiger partial charge in [-0.15, -0.1) is 11.8 Å². The summed E-state index contributed by atoms with van der Waals surface area (Å²) in [6.45, 7) is 3.80. The Labute approximate surface area is 95.6 Å². The van der Waals surface area contributed by atoms with Gasteiger partial charge in [0.25, 0.3) is 0 Å². The van der Waals surface area contributed by atoms with Gasteiger partial charge in [-0.3, -0.25) is 4.79 Å². The summed E-state index contributed by atoms with van der Waals surface area (Å²) in [6, 6.07) is 10.1. The molecule has 2 heteroatoms. The summed E-state index contributed by atoms with van der Waals surface area (Å²) in [4.78, 5) is 12.7. The topological polar surface area (TPSA) is 17.1 Å². The number of hydrogen-bond acceptors (Lipinski definition) is 2. The highest BCUT2D eigenvalue weighted by atomic mass is 32.2. The molecule has 0 N–H and O–H groups in total. The second kappa shape index (κ2) is 5.76. The lowest BCUT2D eigenvalue weighted by Crippen LogP contribution is -1.99. The predicted molar refractivity (Wildman–Crippen MR) is 67.8 cm³/mol. The molecule has 0 saturated carbocycles. The number of allylic oxidation sites excluding steroid dienone is 1. The quantitative estimate of drug-likeness (QED) is 0.719. The number of hydrogen-bond donors (Lipinski definition) is 0. The van der Waals surface area contributed by atoms with Crippen molar-refractivity contribution in [2.75, 3.05) is 6.26 Å². The molecule has 1 aromatic rings. The molecule has 0 aliphatic heterocycles. The van der Waals surface area contributed by atoms with Crippen molar-refractivity contribution in [2.24, 2.45) is 0 Å². The maximum Gasteiger partial charge on any atom is 0.159 e. The Hall–Kier alpha value is -1.02. The molecule has 0 atom stereocenters. The molecule has 15 heavy (non-hydrogen) atoms. The molecule has 0 unspecified atom stereocenters. The van der Waals surface area contributed by atoms with E-state index in [1.165, 1.54) is 0 Å². The van der Waals surface area contributed by atoms with E-state index in [9.17, 15) is 4.79 Å². The summed E-state index contributed by atoms with van der Waals surface area (Å²) in [5.74, 6) is 0.225. The highest BCUT2D eigenvalue weighted by molar-refractivity contribution is 8.07. The van der Waals surface area contributed by atoms with Gasteiger partial charge in [0.2, 0.25) is 0 Å². The molecule has 0 bridgehead atoms. The van der Waals surface area contributed by atoms with E-state index in [-0.39, 0.29) is 5.78 Å². The third kappa shape index (κ3) is 2.96. The van der Waals surface area contributed by atoms with Crippen LogP contribution in [0.2, 0.25) is 0 Å². The Bertz CT molecular complexity index is 365. The molecule has 80 valence electrons. The zero-order valence-electron chi connectivity index (χ0n) is 9.41. The van der Waals surface area contributed by atoms with Crippen LogP contribution < -0.4 is 0 Å². The van der Waals surface area contributed by atoms with Gasteiger partial charge in [-0.1, -0.05) is 37.3 Å². The van der Waals surface area contributed by atoms with Gasteiger partial charge >= 0.3 is 0 Å². The lowest BCUT2D eigenvalue weighted by molar-refractivity contribution is -0.115. The monoisotopic (exact) mass is 220 g/mol. The third-order valence-corrected chi connectivity index (χ3v) is 3.27. The van der Waals surface area contributed by atoms with Gasteiger partial charge in [-0.05, 0) is 18.7 Å². The lowest BCUT2D eigenvalue weighted by Gasteiger charge is -2.08. The van der Waals surface area contributed by atoms with Crippen LogP contribution in [0.25, 0.3) is 4.91 Å². The minimum absolute atomic E-state index is 0.225. The van der Waals surface area contributed by atoms with E-state index in [4.69, 9.17) is 0 Å². The number of Topliss-reactive ketones (excluding diaryl/α,β-unsaturated/α-hetero) is 1. The van der Waals surface area contributed by atoms with Crippen LogP contribution in [-0.4, -0.2) is 12.0 Å². The van der Waals surface area contributed by atoms with Crippen LogP contribution in [0.15, 0.2) is 35.9 Å². The summed E-state index contributed by atoms with van der Waals surface area (Å²) in [5.41, 5.74) is 2.00. The number of ketones is 1. The number of benzene rings is 1. The Morgan fingerprint density at radius 1 is 1.27 bits per heavy atom. The lowest BCUT2D eigenvalue weighted by atomic mass is 10.1. The molecule has 1 rings (SSSR count). The Balaban J connectivity index is 3.13. The van der Waals surface area contributed by atoms with Crippen molar-refractivity contribution >= 4 is 22.5 Å². The molecular weight excluding hydrogens is 204 g/mol. The standard InChI is InChI=1S/C13H16OS/c1-4-12(14)10(2)13(15-3)11-8-6-5-7-9-11/h5-9H,4H2,1-3H3/b13-10-. The molecule has 0 amide bonds. The molecule has 0 aliphatic rings. The van der Waals surface area contributed by atoms with E-state index < -0.39 is 0 Å². The smallest absolute Gasteiger partial charge is 0.159 e. The summed E-state index contributed by atoms with van der Waals surface area (Å²) >= 11 is 1.63. The summed E-state index contributed by atoms with van der Waals surface area (Å²) in [7, 11) is 0. The fraction of sp³-hybridized carbons (Fsp3) is 0.308. The summed E-state index contributed by atoms with van der Waals surface area (Å²) in [6.07, 6.45) is 2.58. The molecule has 0 aliphatic carbocycles. The van der Waals surface area contributed by atoms with E-state index in [0.717, 1.165) is 16.0 Å². The van der Waals surface area contributed by atoms with Crippen molar-refractivity contribution in [2.45, 2.75) is 20.3 Å². The Kier molecular flexibility index (Phi) is 4.63. The largest absolute Gasteiger partial charge is 0.295 e. The fourth-order valence-corrected chi connectivity index (χ4v) is 2.26. The van der Waals surface area contributed by atoms with Crippen LogP contribution >= 0.6 is 11.8 Å². The highest BCUT2D eigenvalue weighted by Gasteiger charge is 2.09. The first-order chi connectivity index (χ1) is 7.20. The molecule has 0 saturated heterocycles. The van der Waals surface area contributed by atoms with Crippen molar-refractivity contribution < 1.29 is 4.79 Å². The van der Waals surface area contributed by atoms with Crippen molar-refractivity contribution in [1.29, 1.82) is 0 Å². The normalized spacial score (nSPS) is 12.2. The summed E-state index contributed by atoms with van der Waals surface area (Å²) in [5, 5.41) is 0. The molecule has 0 radical (unpaired) electrons. The van der Waals surface area contributed by atoms with Crippen molar-refractivity contribution in [1.82, 2.24) is 0 Å². The van der Waals surface area contributed by atoms with E-state index in [2.05, 4.69) is 0 Å². The Morgan fingerprint density at radius 2 is 1.87 bits per heavy atom. The van der Waals surface area contributed by atoms with Crippen LogP contribution in [0.1, 0.15) is 25.8 Å². The van der Waals surface area contributed by atoms with Crippen LogP contribution in [0.4, 0.5) is 0 Å². The predicted octanol–water partition coefficient (Wildman–Crippen LogP) is 3.76. The van der Waals surface area contributed by atoms with Gasteiger partial charge < -0.3 is 0 Å². The number of thioether (sulfide) groups is 1. The van der Waals surface area contributed by atoms with Gasteiger partial charge in [0.05, 0.1) is 0 Å². The maximum absolute atomic E-state index is 11.6. The van der Waals surface area contributed by atoms with Crippen LogP contribution in [-0.2, 0) is 4.79 Å². The number of carbonyl (C=O) groups excluding carboxylic acids is 1. The fourth-order valence-electron chi connectivity index (χ4n) is 1.47. The van der Waals surface area contributed by atoms with Gasteiger partial charge in [0, 0.05) is 16.9 Å². The van der Waals surface area contributed by atoms with E-state index in [0.29, 0.717) is 6.42 Å². The minimum Gasteiger partial charge on any atom is -0.295 e. The average Bonchev–Trinajstić information content (AvgIpc) is 2.30. The second-order valence-corrected chi connectivity index (χ2v) is 4.12. The molecule has 1 aromatic carbocycles. The first kappa shape index (κ1) is 12.1. The first-order valence-electron chi connectivity index (χ1n) is 5.04. The molecular formula is C13H16OS. The van der Waals surface area contributed by atoms with Crippen molar-refractivity contribution in [3.8, 4) is 0 Å². The van der Waals surface area contributed by atoms with E-state index in [1.807, 2.05) is 50.4 Å². The van der Waals surface area contributed by atoms with Crippen LogP contribution in [0.5, 0.6) is 0 Å². The van der Waals surface area contributed by atoms with Crippen LogP contribution in [0, 0.1) is 0 Å². The summed E-state index contributed by atoms with van der Waals surface area (Å²) < 4.78 is 0. The second-order valence-electron chi connectivity index (χ2n) is 3.30. The third-order valence-electron chi connectivity index (χ3n) is 2.32. The maximum atomic E-state index is 11.6.